The first kappa shape index (κ1) is 13.5. The molecule has 0 bridgehead atoms. The SMILES string of the molecule is CN(Cc1ccccn1)Cc1cc2ccccc2nc1N. The first-order valence-electron chi connectivity index (χ1n) is 6.95. The van der Waals surface area contributed by atoms with Crippen LogP contribution in [0, 0.1) is 0 Å². The topological polar surface area (TPSA) is 55.0 Å². The third-order valence-corrected chi connectivity index (χ3v) is 3.43. The van der Waals surface area contributed by atoms with Crippen LogP contribution in [0.3, 0.4) is 0 Å². The Morgan fingerprint density at radius 2 is 1.86 bits per heavy atom. The zero-order valence-corrected chi connectivity index (χ0v) is 12.0. The van der Waals surface area contributed by atoms with Gasteiger partial charge in [0.2, 0.25) is 0 Å². The van der Waals surface area contributed by atoms with Crippen LogP contribution in [-0.2, 0) is 13.1 Å². The van der Waals surface area contributed by atoms with E-state index in [0.29, 0.717) is 5.82 Å². The molecule has 0 amide bonds. The minimum Gasteiger partial charge on any atom is -0.383 e. The van der Waals surface area contributed by atoms with Gasteiger partial charge in [-0.25, -0.2) is 4.98 Å². The maximum atomic E-state index is 6.07. The Bertz CT molecular complexity index is 740. The average Bonchev–Trinajstić information content (AvgIpc) is 2.49. The van der Waals surface area contributed by atoms with Crippen molar-refractivity contribution in [1.82, 2.24) is 14.9 Å². The third kappa shape index (κ3) is 3.17. The summed E-state index contributed by atoms with van der Waals surface area (Å²) in [6.45, 7) is 1.54. The monoisotopic (exact) mass is 278 g/mol. The van der Waals surface area contributed by atoms with Crippen LogP contribution in [0.4, 0.5) is 5.82 Å². The number of para-hydroxylation sites is 1. The Labute approximate surface area is 124 Å². The van der Waals surface area contributed by atoms with Crippen LogP contribution >= 0.6 is 0 Å². The number of rotatable bonds is 4. The van der Waals surface area contributed by atoms with Crippen LogP contribution in [-0.4, -0.2) is 21.9 Å². The van der Waals surface area contributed by atoms with E-state index in [-0.39, 0.29) is 0 Å². The highest BCUT2D eigenvalue weighted by Gasteiger charge is 2.08. The van der Waals surface area contributed by atoms with E-state index < -0.39 is 0 Å². The van der Waals surface area contributed by atoms with Gasteiger partial charge < -0.3 is 5.73 Å². The number of nitrogens with zero attached hydrogens (tertiary/aromatic N) is 3. The van der Waals surface area contributed by atoms with Crippen molar-refractivity contribution in [1.29, 1.82) is 0 Å². The van der Waals surface area contributed by atoms with Gasteiger partial charge >= 0.3 is 0 Å². The first-order valence-corrected chi connectivity index (χ1v) is 6.95. The van der Waals surface area contributed by atoms with E-state index in [2.05, 4.69) is 34.0 Å². The minimum atomic E-state index is 0.599. The maximum absolute atomic E-state index is 6.07. The lowest BCUT2D eigenvalue weighted by atomic mass is 10.1. The van der Waals surface area contributed by atoms with Gasteiger partial charge in [0.1, 0.15) is 5.82 Å². The van der Waals surface area contributed by atoms with E-state index in [1.165, 1.54) is 0 Å². The summed E-state index contributed by atoms with van der Waals surface area (Å²) in [6.07, 6.45) is 1.81. The molecule has 2 N–H and O–H groups in total. The number of fused-ring (bicyclic) bond motifs is 1. The fraction of sp³-hybridized carbons (Fsp3) is 0.176. The summed E-state index contributed by atoms with van der Waals surface area (Å²) in [6, 6.07) is 16.1. The Kier molecular flexibility index (Phi) is 3.79. The number of nitrogens with two attached hydrogens (primary N) is 1. The summed E-state index contributed by atoms with van der Waals surface area (Å²) in [5.74, 6) is 0.599. The van der Waals surface area contributed by atoms with Gasteiger partial charge in [-0.2, -0.15) is 0 Å². The molecule has 0 saturated heterocycles. The quantitative estimate of drug-likeness (QED) is 0.797. The number of benzene rings is 1. The zero-order valence-electron chi connectivity index (χ0n) is 12.0. The lowest BCUT2D eigenvalue weighted by Gasteiger charge is -2.17. The van der Waals surface area contributed by atoms with Crippen molar-refractivity contribution in [3.05, 3.63) is 66.0 Å². The predicted molar refractivity (Wildman–Crippen MR) is 85.6 cm³/mol. The van der Waals surface area contributed by atoms with Gasteiger partial charge in [-0.05, 0) is 31.3 Å². The van der Waals surface area contributed by atoms with Gasteiger partial charge in [0.05, 0.1) is 11.2 Å². The summed E-state index contributed by atoms with van der Waals surface area (Å²) in [7, 11) is 2.06. The van der Waals surface area contributed by atoms with Crippen LogP contribution in [0.15, 0.2) is 54.7 Å². The molecule has 4 nitrogen and oxygen atoms in total. The van der Waals surface area contributed by atoms with E-state index in [1.54, 1.807) is 0 Å². The number of nitrogen functional groups attached to an aromatic ring is 1. The van der Waals surface area contributed by atoms with E-state index in [1.807, 2.05) is 42.6 Å². The molecule has 3 aromatic rings. The van der Waals surface area contributed by atoms with Crippen molar-refractivity contribution in [3.8, 4) is 0 Å². The standard InChI is InChI=1S/C17H18N4/c1-21(12-15-7-4-5-9-19-15)11-14-10-13-6-2-3-8-16(13)20-17(14)18/h2-10H,11-12H2,1H3,(H2,18,20). The average molecular weight is 278 g/mol. The molecule has 2 aromatic heterocycles. The molecular weight excluding hydrogens is 260 g/mol. The van der Waals surface area contributed by atoms with Crippen molar-refractivity contribution < 1.29 is 0 Å². The Balaban J connectivity index is 1.79. The van der Waals surface area contributed by atoms with E-state index in [9.17, 15) is 0 Å². The molecule has 106 valence electrons. The fourth-order valence-electron chi connectivity index (χ4n) is 2.42. The largest absolute Gasteiger partial charge is 0.383 e. The highest BCUT2D eigenvalue weighted by molar-refractivity contribution is 5.81. The Morgan fingerprint density at radius 1 is 1.05 bits per heavy atom. The van der Waals surface area contributed by atoms with Gasteiger partial charge in [-0.3, -0.25) is 9.88 Å². The molecule has 0 aliphatic carbocycles. The lowest BCUT2D eigenvalue weighted by molar-refractivity contribution is 0.315. The summed E-state index contributed by atoms with van der Waals surface area (Å²) in [5, 5.41) is 1.12. The molecule has 0 unspecified atom stereocenters. The van der Waals surface area contributed by atoms with Gasteiger partial charge in [-0.15, -0.1) is 0 Å². The molecule has 0 saturated carbocycles. The normalized spacial score (nSPS) is 11.1. The van der Waals surface area contributed by atoms with Crippen molar-refractivity contribution in [2.75, 3.05) is 12.8 Å². The molecular formula is C17H18N4. The molecule has 4 heteroatoms. The highest BCUT2D eigenvalue weighted by atomic mass is 15.1. The van der Waals surface area contributed by atoms with Crippen LogP contribution in [0.25, 0.3) is 10.9 Å². The van der Waals surface area contributed by atoms with Crippen LogP contribution in [0.2, 0.25) is 0 Å². The second-order valence-corrected chi connectivity index (χ2v) is 5.22. The van der Waals surface area contributed by atoms with Gasteiger partial charge in [0, 0.05) is 30.2 Å². The number of anilines is 1. The van der Waals surface area contributed by atoms with Crippen LogP contribution in [0.5, 0.6) is 0 Å². The third-order valence-electron chi connectivity index (χ3n) is 3.43. The van der Waals surface area contributed by atoms with E-state index >= 15 is 0 Å². The number of aromatic nitrogens is 2. The van der Waals surface area contributed by atoms with Crippen molar-refractivity contribution in [2.24, 2.45) is 0 Å². The molecule has 21 heavy (non-hydrogen) atoms. The molecule has 0 radical (unpaired) electrons. The molecule has 0 atom stereocenters. The Hall–Kier alpha value is -2.46. The molecule has 0 fully saturated rings. The van der Waals surface area contributed by atoms with Crippen LogP contribution < -0.4 is 5.73 Å². The molecule has 0 aliphatic rings. The number of hydrogen-bond donors (Lipinski definition) is 1. The predicted octanol–water partition coefficient (Wildman–Crippen LogP) is 2.84. The second-order valence-electron chi connectivity index (χ2n) is 5.22. The number of pyridine rings is 2. The molecule has 3 rings (SSSR count). The molecule has 0 aliphatic heterocycles. The summed E-state index contributed by atoms with van der Waals surface area (Å²) in [4.78, 5) is 11.0. The van der Waals surface area contributed by atoms with E-state index in [4.69, 9.17) is 5.73 Å². The van der Waals surface area contributed by atoms with Crippen molar-refractivity contribution in [2.45, 2.75) is 13.1 Å². The fourth-order valence-corrected chi connectivity index (χ4v) is 2.42. The van der Waals surface area contributed by atoms with Gasteiger partial charge in [0.15, 0.2) is 0 Å². The number of hydrogen-bond acceptors (Lipinski definition) is 4. The van der Waals surface area contributed by atoms with Gasteiger partial charge in [-0.1, -0.05) is 24.3 Å². The summed E-state index contributed by atoms with van der Waals surface area (Å²) in [5.41, 5.74) is 9.11. The zero-order chi connectivity index (χ0) is 14.7. The lowest BCUT2D eigenvalue weighted by Crippen LogP contribution is -2.19. The molecule has 1 aromatic carbocycles. The minimum absolute atomic E-state index is 0.599. The van der Waals surface area contributed by atoms with Gasteiger partial charge in [0.25, 0.3) is 0 Å². The second kappa shape index (κ2) is 5.89. The molecule has 2 heterocycles. The van der Waals surface area contributed by atoms with Crippen LogP contribution in [0.1, 0.15) is 11.3 Å². The summed E-state index contributed by atoms with van der Waals surface area (Å²) < 4.78 is 0. The highest BCUT2D eigenvalue weighted by Crippen LogP contribution is 2.19. The van der Waals surface area contributed by atoms with Crippen molar-refractivity contribution >= 4 is 16.7 Å². The van der Waals surface area contributed by atoms with Crippen molar-refractivity contribution in [3.63, 3.8) is 0 Å². The van der Waals surface area contributed by atoms with E-state index in [0.717, 1.165) is 35.2 Å². The molecule has 0 spiro atoms. The maximum Gasteiger partial charge on any atom is 0.128 e. The Morgan fingerprint density at radius 3 is 2.67 bits per heavy atom. The summed E-state index contributed by atoms with van der Waals surface area (Å²) >= 11 is 0. The smallest absolute Gasteiger partial charge is 0.128 e. The first-order chi connectivity index (χ1) is 10.2.